The molecule has 0 N–H and O–H groups in total. The monoisotopic (exact) mass is 248 g/mol. The fourth-order valence-electron chi connectivity index (χ4n) is 0.994. The summed E-state index contributed by atoms with van der Waals surface area (Å²) in [5, 5.41) is 0. The highest BCUT2D eigenvalue weighted by molar-refractivity contribution is 6.55. The summed E-state index contributed by atoms with van der Waals surface area (Å²) in [5.41, 5.74) is 1.20. The van der Waals surface area contributed by atoms with Crippen molar-refractivity contribution >= 4 is 19.0 Å². The molecule has 0 spiro atoms. The average molecular weight is 248 g/mol. The smallest absolute Gasteiger partial charge is 0.154 e. The quantitative estimate of drug-likeness (QED) is 0.326. The third-order valence-corrected chi connectivity index (χ3v) is 5.17. The fourth-order valence-corrected chi connectivity index (χ4v) is 3.99. The van der Waals surface area contributed by atoms with Crippen LogP contribution in [0.15, 0.2) is 0 Å². The number of ether oxygens (including phenoxy) is 4. The van der Waals surface area contributed by atoms with Gasteiger partial charge in [-0.15, -0.1) is 0 Å². The standard InChI is InChI=1S/C9H20O4Si2/c1-10-8(11-2)5-14-7-15-6-9(12-3)13-4/h8-9H,5-7H2,1-4H3. The molecule has 0 bridgehead atoms. The van der Waals surface area contributed by atoms with Crippen molar-refractivity contribution in [1.82, 2.24) is 0 Å². The zero-order valence-corrected chi connectivity index (χ0v) is 11.9. The molecule has 0 fully saturated rings. The Morgan fingerprint density at radius 3 is 1.33 bits per heavy atom. The summed E-state index contributed by atoms with van der Waals surface area (Å²) in [6.07, 6.45) is -0.0949. The molecule has 0 unspecified atom stereocenters. The van der Waals surface area contributed by atoms with E-state index in [0.717, 1.165) is 31.1 Å². The summed E-state index contributed by atoms with van der Waals surface area (Å²) < 4.78 is 20.4. The Kier molecular flexibility index (Phi) is 11.0. The van der Waals surface area contributed by atoms with Crippen LogP contribution in [0.3, 0.4) is 0 Å². The van der Waals surface area contributed by atoms with Gasteiger partial charge in [0.15, 0.2) is 12.6 Å². The minimum absolute atomic E-state index is 0.0474. The van der Waals surface area contributed by atoms with Crippen LogP contribution in [-0.4, -0.2) is 60.1 Å². The molecular formula is C9H20O4Si2. The minimum Gasteiger partial charge on any atom is -0.356 e. The summed E-state index contributed by atoms with van der Waals surface area (Å²) in [6.45, 7) is 0. The van der Waals surface area contributed by atoms with Gasteiger partial charge >= 0.3 is 0 Å². The Morgan fingerprint density at radius 1 is 0.733 bits per heavy atom. The SMILES string of the molecule is COC(C[Si]C[Si]CC(OC)OC)OC. The van der Waals surface area contributed by atoms with Gasteiger partial charge in [0.05, 0.1) is 0 Å². The summed E-state index contributed by atoms with van der Waals surface area (Å²) in [7, 11) is 8.45. The van der Waals surface area contributed by atoms with Crippen LogP contribution in [0.1, 0.15) is 0 Å². The molecule has 0 rings (SSSR count). The molecule has 0 heterocycles. The third kappa shape index (κ3) is 8.12. The van der Waals surface area contributed by atoms with E-state index in [1.54, 1.807) is 28.4 Å². The summed E-state index contributed by atoms with van der Waals surface area (Å²) in [6, 6.07) is 1.95. The van der Waals surface area contributed by atoms with Crippen LogP contribution in [-0.2, 0) is 18.9 Å². The molecule has 0 atom stereocenters. The first-order valence-corrected chi connectivity index (χ1v) is 7.63. The lowest BCUT2D eigenvalue weighted by atomic mass is 10.7. The van der Waals surface area contributed by atoms with E-state index in [9.17, 15) is 0 Å². The van der Waals surface area contributed by atoms with Crippen molar-refractivity contribution < 1.29 is 18.9 Å². The van der Waals surface area contributed by atoms with Gasteiger partial charge in [0, 0.05) is 47.5 Å². The molecular weight excluding hydrogens is 228 g/mol. The number of hydrogen-bond donors (Lipinski definition) is 0. The second-order valence-electron chi connectivity index (χ2n) is 2.89. The van der Waals surface area contributed by atoms with E-state index in [-0.39, 0.29) is 12.6 Å². The first-order chi connectivity index (χ1) is 7.28. The highest BCUT2D eigenvalue weighted by atomic mass is 28.3. The van der Waals surface area contributed by atoms with E-state index in [1.165, 1.54) is 5.67 Å². The van der Waals surface area contributed by atoms with Crippen LogP contribution in [0.2, 0.25) is 17.8 Å². The molecule has 0 saturated carbocycles. The van der Waals surface area contributed by atoms with Crippen molar-refractivity contribution in [3.63, 3.8) is 0 Å². The predicted molar refractivity (Wildman–Crippen MR) is 61.5 cm³/mol. The maximum atomic E-state index is 5.11. The first kappa shape index (κ1) is 15.3. The van der Waals surface area contributed by atoms with E-state index in [2.05, 4.69) is 0 Å². The molecule has 0 aromatic carbocycles. The van der Waals surface area contributed by atoms with Crippen molar-refractivity contribution in [2.75, 3.05) is 28.4 Å². The van der Waals surface area contributed by atoms with Gasteiger partial charge in [0.25, 0.3) is 0 Å². The van der Waals surface area contributed by atoms with Crippen LogP contribution < -0.4 is 0 Å². The zero-order valence-electron chi connectivity index (χ0n) is 9.91. The minimum atomic E-state index is -0.0474. The van der Waals surface area contributed by atoms with Gasteiger partial charge in [-0.3, -0.25) is 0 Å². The Bertz CT molecular complexity index is 115. The van der Waals surface area contributed by atoms with Gasteiger partial charge in [0.1, 0.15) is 0 Å². The number of hydrogen-bond acceptors (Lipinski definition) is 4. The van der Waals surface area contributed by atoms with E-state index in [1.807, 2.05) is 0 Å². The average Bonchev–Trinajstić information content (AvgIpc) is 2.29. The normalized spacial score (nSPS) is 11.6. The first-order valence-electron chi connectivity index (χ1n) is 4.81. The molecule has 15 heavy (non-hydrogen) atoms. The predicted octanol–water partition coefficient (Wildman–Crippen LogP) is 0.845. The Hall–Kier alpha value is 0.274. The molecule has 88 valence electrons. The van der Waals surface area contributed by atoms with E-state index < -0.39 is 0 Å². The lowest BCUT2D eigenvalue weighted by molar-refractivity contribution is -0.0877. The molecule has 0 amide bonds. The molecule has 6 heteroatoms. The van der Waals surface area contributed by atoms with Crippen molar-refractivity contribution in [3.8, 4) is 0 Å². The van der Waals surface area contributed by atoms with E-state index in [0.29, 0.717) is 0 Å². The van der Waals surface area contributed by atoms with Gasteiger partial charge in [-0.25, -0.2) is 0 Å². The molecule has 0 aliphatic rings. The van der Waals surface area contributed by atoms with Gasteiger partial charge in [0.2, 0.25) is 0 Å². The maximum absolute atomic E-state index is 5.11. The topological polar surface area (TPSA) is 36.9 Å². The third-order valence-electron chi connectivity index (χ3n) is 1.92. The van der Waals surface area contributed by atoms with Gasteiger partial charge in [-0.05, 0) is 12.1 Å². The lowest BCUT2D eigenvalue weighted by Gasteiger charge is -2.13. The van der Waals surface area contributed by atoms with Crippen LogP contribution in [0.5, 0.6) is 0 Å². The van der Waals surface area contributed by atoms with Crippen LogP contribution in [0, 0.1) is 0 Å². The second-order valence-corrected chi connectivity index (χ2v) is 6.12. The molecule has 0 saturated heterocycles. The van der Waals surface area contributed by atoms with Crippen molar-refractivity contribution in [1.29, 1.82) is 0 Å². The lowest BCUT2D eigenvalue weighted by Crippen LogP contribution is -2.18. The van der Waals surface area contributed by atoms with E-state index in [4.69, 9.17) is 18.9 Å². The summed E-state index contributed by atoms with van der Waals surface area (Å²) in [4.78, 5) is 0. The maximum Gasteiger partial charge on any atom is 0.154 e. The largest absolute Gasteiger partial charge is 0.356 e. The Balaban J connectivity index is 3.30. The summed E-state index contributed by atoms with van der Waals surface area (Å²) >= 11 is 0. The zero-order chi connectivity index (χ0) is 11.5. The Morgan fingerprint density at radius 2 is 1.07 bits per heavy atom. The van der Waals surface area contributed by atoms with E-state index >= 15 is 0 Å². The number of methoxy groups -OCH3 is 4. The highest BCUT2D eigenvalue weighted by Crippen LogP contribution is 2.02. The molecule has 0 aromatic rings. The van der Waals surface area contributed by atoms with Crippen LogP contribution >= 0.6 is 0 Å². The van der Waals surface area contributed by atoms with Gasteiger partial charge < -0.3 is 18.9 Å². The molecule has 0 aromatic heterocycles. The molecule has 0 aliphatic carbocycles. The molecule has 0 aliphatic heterocycles. The van der Waals surface area contributed by atoms with Crippen LogP contribution in [0.25, 0.3) is 0 Å². The van der Waals surface area contributed by atoms with Crippen molar-refractivity contribution in [2.24, 2.45) is 0 Å². The van der Waals surface area contributed by atoms with Crippen LogP contribution in [0.4, 0.5) is 0 Å². The second kappa shape index (κ2) is 10.8. The fraction of sp³-hybridized carbons (Fsp3) is 1.00. The molecule has 4 radical (unpaired) electrons. The Labute approximate surface area is 97.3 Å². The molecule has 4 nitrogen and oxygen atoms in total. The van der Waals surface area contributed by atoms with Crippen molar-refractivity contribution in [2.45, 2.75) is 30.3 Å². The van der Waals surface area contributed by atoms with Gasteiger partial charge in [-0.1, -0.05) is 5.67 Å². The van der Waals surface area contributed by atoms with Crippen molar-refractivity contribution in [3.05, 3.63) is 0 Å². The highest BCUT2D eigenvalue weighted by Gasteiger charge is 2.07. The number of rotatable bonds is 10. The van der Waals surface area contributed by atoms with Gasteiger partial charge in [-0.2, -0.15) is 0 Å². The summed E-state index contributed by atoms with van der Waals surface area (Å²) in [5.74, 6) is 0.